The number of amides is 1. The van der Waals surface area contributed by atoms with Gasteiger partial charge in [-0.25, -0.2) is 4.98 Å². The minimum absolute atomic E-state index is 0. The molecule has 1 aliphatic rings. The highest BCUT2D eigenvalue weighted by atomic mass is 35.5. The Hall–Kier alpha value is -0.360. The Labute approximate surface area is 143 Å². The van der Waals surface area contributed by atoms with Gasteiger partial charge in [0.2, 0.25) is 0 Å². The topological polar surface area (TPSA) is 54.0 Å². The van der Waals surface area contributed by atoms with Crippen molar-refractivity contribution in [3.63, 3.8) is 0 Å². The van der Waals surface area contributed by atoms with Gasteiger partial charge in [0, 0.05) is 6.54 Å². The van der Waals surface area contributed by atoms with Gasteiger partial charge in [-0.1, -0.05) is 6.92 Å². The maximum absolute atomic E-state index is 12.2. The quantitative estimate of drug-likeness (QED) is 0.855. The lowest BCUT2D eigenvalue weighted by Gasteiger charge is -2.22. The first kappa shape index (κ1) is 20.6. The first-order valence-electron chi connectivity index (χ1n) is 7.16. The first-order valence-corrected chi connectivity index (χ1v) is 7.97. The van der Waals surface area contributed by atoms with Crippen molar-refractivity contribution in [1.29, 1.82) is 0 Å². The van der Waals surface area contributed by atoms with E-state index in [0.717, 1.165) is 48.1 Å². The van der Waals surface area contributed by atoms with Gasteiger partial charge in [-0.15, -0.1) is 36.2 Å². The fourth-order valence-corrected chi connectivity index (χ4v) is 3.48. The third kappa shape index (κ3) is 6.10. The number of hydrogen-bond acceptors (Lipinski definition) is 4. The van der Waals surface area contributed by atoms with Crippen LogP contribution in [0.5, 0.6) is 0 Å². The number of hydrogen-bond donors (Lipinski definition) is 2. The minimum atomic E-state index is 0. The second kappa shape index (κ2) is 10.4. The summed E-state index contributed by atoms with van der Waals surface area (Å²) in [6.45, 7) is 6.95. The molecule has 0 aromatic carbocycles. The molecule has 1 amide bonds. The van der Waals surface area contributed by atoms with E-state index in [9.17, 15) is 4.79 Å². The number of carbonyl (C=O) groups is 1. The predicted molar refractivity (Wildman–Crippen MR) is 93.3 cm³/mol. The van der Waals surface area contributed by atoms with Crippen molar-refractivity contribution in [3.05, 3.63) is 15.6 Å². The summed E-state index contributed by atoms with van der Waals surface area (Å²) in [6.07, 6.45) is 4.45. The number of nitrogens with one attached hydrogen (secondary N) is 2. The first-order chi connectivity index (χ1) is 9.20. The zero-order valence-electron chi connectivity index (χ0n) is 12.6. The summed E-state index contributed by atoms with van der Waals surface area (Å²) in [7, 11) is 0. The van der Waals surface area contributed by atoms with Crippen LogP contribution in [0.15, 0.2) is 0 Å². The highest BCUT2D eigenvalue weighted by Gasteiger charge is 2.17. The molecule has 1 unspecified atom stereocenters. The predicted octanol–water partition coefficient (Wildman–Crippen LogP) is 2.98. The minimum Gasteiger partial charge on any atom is -0.351 e. The number of rotatable bonds is 5. The highest BCUT2D eigenvalue weighted by Crippen LogP contribution is 2.19. The van der Waals surface area contributed by atoms with Crippen LogP contribution in [-0.4, -0.2) is 30.5 Å². The number of carbonyl (C=O) groups excluding carboxylic acids is 1. The Bertz CT molecular complexity index is 434. The molecule has 0 spiro atoms. The van der Waals surface area contributed by atoms with E-state index in [2.05, 4.69) is 22.5 Å². The standard InChI is InChI=1S/C14H23N3OS.2ClH/c1-3-5-12-17-10(2)13(19-12)14(18)16-9-11-6-4-7-15-8-11;;/h11,15H,3-9H2,1-2H3,(H,16,18);2*1H. The summed E-state index contributed by atoms with van der Waals surface area (Å²) in [5.74, 6) is 0.615. The zero-order valence-corrected chi connectivity index (χ0v) is 15.1. The zero-order chi connectivity index (χ0) is 13.7. The smallest absolute Gasteiger partial charge is 0.263 e. The second-order valence-corrected chi connectivity index (χ2v) is 6.28. The molecule has 122 valence electrons. The van der Waals surface area contributed by atoms with Crippen molar-refractivity contribution in [1.82, 2.24) is 15.6 Å². The molecule has 4 nitrogen and oxygen atoms in total. The van der Waals surface area contributed by atoms with Crippen LogP contribution in [0.3, 0.4) is 0 Å². The molecule has 1 saturated heterocycles. The summed E-state index contributed by atoms with van der Waals surface area (Å²) in [4.78, 5) is 17.4. The van der Waals surface area contributed by atoms with Crippen molar-refractivity contribution < 1.29 is 4.79 Å². The number of thiazole rings is 1. The van der Waals surface area contributed by atoms with E-state index in [1.165, 1.54) is 12.8 Å². The van der Waals surface area contributed by atoms with Crippen LogP contribution in [0.25, 0.3) is 0 Å². The van der Waals surface area contributed by atoms with E-state index in [1.807, 2.05) is 6.92 Å². The molecule has 0 saturated carbocycles. The van der Waals surface area contributed by atoms with Crippen LogP contribution in [0.2, 0.25) is 0 Å². The van der Waals surface area contributed by atoms with Gasteiger partial charge in [0.25, 0.3) is 5.91 Å². The molecule has 21 heavy (non-hydrogen) atoms. The second-order valence-electron chi connectivity index (χ2n) is 5.19. The number of halogens is 2. The number of nitrogens with zero attached hydrogens (tertiary/aromatic N) is 1. The molecule has 7 heteroatoms. The van der Waals surface area contributed by atoms with E-state index >= 15 is 0 Å². The van der Waals surface area contributed by atoms with Crippen LogP contribution in [0.4, 0.5) is 0 Å². The Kier molecular flexibility index (Phi) is 10.2. The molecule has 1 aliphatic heterocycles. The monoisotopic (exact) mass is 353 g/mol. The van der Waals surface area contributed by atoms with Gasteiger partial charge >= 0.3 is 0 Å². The Morgan fingerprint density at radius 2 is 2.24 bits per heavy atom. The molecule has 1 fully saturated rings. The average Bonchev–Trinajstić information content (AvgIpc) is 2.79. The molecule has 1 atom stereocenters. The largest absolute Gasteiger partial charge is 0.351 e. The summed E-state index contributed by atoms with van der Waals surface area (Å²) in [5, 5.41) is 7.50. The van der Waals surface area contributed by atoms with E-state index in [-0.39, 0.29) is 30.7 Å². The molecule has 2 N–H and O–H groups in total. The van der Waals surface area contributed by atoms with Crippen molar-refractivity contribution >= 4 is 42.1 Å². The van der Waals surface area contributed by atoms with Crippen LogP contribution < -0.4 is 10.6 Å². The maximum Gasteiger partial charge on any atom is 0.263 e. The molecule has 0 radical (unpaired) electrons. The Balaban J connectivity index is 0.00000200. The lowest BCUT2D eigenvalue weighted by atomic mass is 10.00. The van der Waals surface area contributed by atoms with E-state index in [0.29, 0.717) is 5.92 Å². The number of aryl methyl sites for hydroxylation is 2. The molecule has 2 heterocycles. The number of piperidine rings is 1. The Morgan fingerprint density at radius 3 is 2.86 bits per heavy atom. The van der Waals surface area contributed by atoms with Gasteiger partial charge < -0.3 is 10.6 Å². The van der Waals surface area contributed by atoms with Gasteiger partial charge in [0.1, 0.15) is 4.88 Å². The fraction of sp³-hybridized carbons (Fsp3) is 0.714. The van der Waals surface area contributed by atoms with Crippen LogP contribution >= 0.6 is 36.2 Å². The fourth-order valence-electron chi connectivity index (χ4n) is 2.40. The van der Waals surface area contributed by atoms with Gasteiger partial charge in [-0.05, 0) is 51.6 Å². The molecule has 1 aromatic heterocycles. The van der Waals surface area contributed by atoms with Crippen molar-refractivity contribution in [2.24, 2.45) is 5.92 Å². The van der Waals surface area contributed by atoms with Crippen LogP contribution in [-0.2, 0) is 6.42 Å². The van der Waals surface area contributed by atoms with Crippen LogP contribution in [0, 0.1) is 12.8 Å². The molecule has 2 rings (SSSR count). The van der Waals surface area contributed by atoms with Crippen LogP contribution in [0.1, 0.15) is 46.6 Å². The molecular weight excluding hydrogens is 329 g/mol. The average molecular weight is 354 g/mol. The Morgan fingerprint density at radius 1 is 1.48 bits per heavy atom. The lowest BCUT2D eigenvalue weighted by molar-refractivity contribution is 0.0948. The molecule has 1 aromatic rings. The van der Waals surface area contributed by atoms with Gasteiger partial charge in [0.15, 0.2) is 0 Å². The normalized spacial score (nSPS) is 17.5. The summed E-state index contributed by atoms with van der Waals surface area (Å²) < 4.78 is 0. The number of aromatic nitrogens is 1. The molecular formula is C14H25Cl2N3OS. The van der Waals surface area contributed by atoms with Gasteiger partial charge in [0.05, 0.1) is 10.7 Å². The third-order valence-electron chi connectivity index (χ3n) is 3.46. The molecule has 0 bridgehead atoms. The van der Waals surface area contributed by atoms with E-state index < -0.39 is 0 Å². The summed E-state index contributed by atoms with van der Waals surface area (Å²) in [5.41, 5.74) is 0.868. The summed E-state index contributed by atoms with van der Waals surface area (Å²) >= 11 is 1.54. The molecule has 0 aliphatic carbocycles. The maximum atomic E-state index is 12.2. The van der Waals surface area contributed by atoms with E-state index in [4.69, 9.17) is 0 Å². The lowest BCUT2D eigenvalue weighted by Crippen LogP contribution is -2.38. The van der Waals surface area contributed by atoms with Crippen molar-refractivity contribution in [3.8, 4) is 0 Å². The van der Waals surface area contributed by atoms with E-state index in [1.54, 1.807) is 11.3 Å². The van der Waals surface area contributed by atoms with Crippen molar-refractivity contribution in [2.45, 2.75) is 39.5 Å². The SMILES string of the molecule is CCCc1nc(C)c(C(=O)NCC2CCCNC2)s1.Cl.Cl. The van der Waals surface area contributed by atoms with Gasteiger partial charge in [-0.3, -0.25) is 4.79 Å². The summed E-state index contributed by atoms with van der Waals surface area (Å²) in [6, 6.07) is 0. The third-order valence-corrected chi connectivity index (χ3v) is 4.68. The highest BCUT2D eigenvalue weighted by molar-refractivity contribution is 7.13. The van der Waals surface area contributed by atoms with Crippen molar-refractivity contribution in [2.75, 3.05) is 19.6 Å². The van der Waals surface area contributed by atoms with Gasteiger partial charge in [-0.2, -0.15) is 0 Å².